The van der Waals surface area contributed by atoms with Crippen LogP contribution in [-0.2, 0) is 11.3 Å². The monoisotopic (exact) mass is 388 g/mol. The third kappa shape index (κ3) is 3.80. The third-order valence-electron chi connectivity index (χ3n) is 5.07. The number of halogens is 1. The molecule has 3 nitrogen and oxygen atoms in total. The molecule has 0 aliphatic heterocycles. The van der Waals surface area contributed by atoms with E-state index in [1.165, 1.54) is 5.56 Å². The van der Waals surface area contributed by atoms with Gasteiger partial charge < -0.3 is 10.3 Å². The van der Waals surface area contributed by atoms with Crippen molar-refractivity contribution in [2.45, 2.75) is 18.9 Å². The second kappa shape index (κ2) is 7.91. The number of fused-ring (bicyclic) bond motifs is 1. The van der Waals surface area contributed by atoms with Gasteiger partial charge in [-0.2, -0.15) is 0 Å². The fourth-order valence-corrected chi connectivity index (χ4v) is 3.89. The zero-order chi connectivity index (χ0) is 19.5. The molecule has 0 saturated carbocycles. The number of amides is 1. The highest BCUT2D eigenvalue weighted by atomic mass is 35.5. The molecule has 140 valence electrons. The van der Waals surface area contributed by atoms with E-state index in [4.69, 9.17) is 17.3 Å². The van der Waals surface area contributed by atoms with Gasteiger partial charge >= 0.3 is 0 Å². The van der Waals surface area contributed by atoms with Crippen molar-refractivity contribution in [1.29, 1.82) is 0 Å². The fraction of sp³-hybridized carbons (Fsp3) is 0.125. The molecule has 0 bridgehead atoms. The third-order valence-corrected chi connectivity index (χ3v) is 5.32. The van der Waals surface area contributed by atoms with E-state index < -0.39 is 0 Å². The summed E-state index contributed by atoms with van der Waals surface area (Å²) in [6.07, 6.45) is 2.40. The average molecular weight is 389 g/mol. The highest BCUT2D eigenvalue weighted by molar-refractivity contribution is 6.30. The first-order valence-electron chi connectivity index (χ1n) is 9.27. The molecule has 4 rings (SSSR count). The van der Waals surface area contributed by atoms with E-state index in [2.05, 4.69) is 35.0 Å². The van der Waals surface area contributed by atoms with Crippen LogP contribution < -0.4 is 5.73 Å². The second-order valence-electron chi connectivity index (χ2n) is 6.99. The van der Waals surface area contributed by atoms with Crippen LogP contribution in [0.15, 0.2) is 85.1 Å². The lowest BCUT2D eigenvalue weighted by atomic mass is 9.88. The zero-order valence-electron chi connectivity index (χ0n) is 15.4. The number of nitrogens with zero attached hydrogens (tertiary/aromatic N) is 1. The van der Waals surface area contributed by atoms with Gasteiger partial charge in [-0.25, -0.2) is 0 Å². The van der Waals surface area contributed by atoms with E-state index in [-0.39, 0.29) is 18.2 Å². The van der Waals surface area contributed by atoms with E-state index in [9.17, 15) is 4.79 Å². The van der Waals surface area contributed by atoms with E-state index in [0.29, 0.717) is 5.02 Å². The zero-order valence-corrected chi connectivity index (χ0v) is 16.1. The Balaban J connectivity index is 1.83. The first kappa shape index (κ1) is 18.3. The molecule has 1 amide bonds. The Bertz CT molecular complexity index is 1100. The Morgan fingerprint density at radius 1 is 0.929 bits per heavy atom. The molecule has 1 aromatic heterocycles. The van der Waals surface area contributed by atoms with Gasteiger partial charge in [0.25, 0.3) is 0 Å². The summed E-state index contributed by atoms with van der Waals surface area (Å²) in [4.78, 5) is 11.8. The Labute approximate surface area is 169 Å². The van der Waals surface area contributed by atoms with Crippen LogP contribution in [0.1, 0.15) is 29.0 Å². The van der Waals surface area contributed by atoms with Gasteiger partial charge in [-0.05, 0) is 34.9 Å². The summed E-state index contributed by atoms with van der Waals surface area (Å²) in [5.41, 5.74) is 10.1. The number of benzene rings is 3. The average Bonchev–Trinajstić information content (AvgIpc) is 3.06. The number of para-hydroxylation sites is 1. The quantitative estimate of drug-likeness (QED) is 0.475. The van der Waals surface area contributed by atoms with Gasteiger partial charge in [0.2, 0.25) is 5.91 Å². The van der Waals surface area contributed by atoms with Crippen LogP contribution in [-0.4, -0.2) is 10.5 Å². The summed E-state index contributed by atoms with van der Waals surface area (Å²) < 4.78 is 2.24. The summed E-state index contributed by atoms with van der Waals surface area (Å²) in [7, 11) is 0. The highest BCUT2D eigenvalue weighted by Crippen LogP contribution is 2.35. The molecule has 0 spiro atoms. The van der Waals surface area contributed by atoms with Crippen LogP contribution >= 0.6 is 11.6 Å². The minimum Gasteiger partial charge on any atom is -0.370 e. The molecule has 0 aliphatic carbocycles. The van der Waals surface area contributed by atoms with Gasteiger partial charge in [-0.1, -0.05) is 72.3 Å². The molecule has 2 N–H and O–H groups in total. The van der Waals surface area contributed by atoms with Crippen molar-refractivity contribution in [3.63, 3.8) is 0 Å². The Morgan fingerprint density at radius 2 is 1.61 bits per heavy atom. The molecule has 1 unspecified atom stereocenters. The van der Waals surface area contributed by atoms with Crippen molar-refractivity contribution >= 4 is 28.4 Å². The maximum Gasteiger partial charge on any atom is 0.218 e. The summed E-state index contributed by atoms with van der Waals surface area (Å²) in [5, 5.41) is 1.81. The van der Waals surface area contributed by atoms with E-state index in [1.807, 2.05) is 54.6 Å². The molecule has 0 radical (unpaired) electrons. The number of nitrogens with two attached hydrogens (primary N) is 1. The minimum absolute atomic E-state index is 0.114. The van der Waals surface area contributed by atoms with Gasteiger partial charge in [0.15, 0.2) is 0 Å². The minimum atomic E-state index is -0.320. The number of hydrogen-bond acceptors (Lipinski definition) is 1. The molecule has 4 heteroatoms. The number of carbonyl (C=O) groups excluding carboxylic acids is 1. The van der Waals surface area contributed by atoms with Gasteiger partial charge in [0.05, 0.1) is 0 Å². The SMILES string of the molecule is NC(=O)CC(c1ccc(Cl)cc1)c1cn(Cc2ccccc2)c2ccccc12. The number of rotatable bonds is 6. The van der Waals surface area contributed by atoms with E-state index in [0.717, 1.165) is 28.6 Å². The highest BCUT2D eigenvalue weighted by Gasteiger charge is 2.22. The normalized spacial score (nSPS) is 12.2. The number of hydrogen-bond donors (Lipinski definition) is 1. The smallest absolute Gasteiger partial charge is 0.218 e. The van der Waals surface area contributed by atoms with E-state index >= 15 is 0 Å². The van der Waals surface area contributed by atoms with Gasteiger partial charge in [0.1, 0.15) is 0 Å². The molecule has 1 atom stereocenters. The van der Waals surface area contributed by atoms with Crippen molar-refractivity contribution in [2.75, 3.05) is 0 Å². The first-order chi connectivity index (χ1) is 13.6. The summed E-state index contributed by atoms with van der Waals surface area (Å²) >= 11 is 6.06. The Kier molecular flexibility index (Phi) is 5.18. The molecule has 28 heavy (non-hydrogen) atoms. The summed E-state index contributed by atoms with van der Waals surface area (Å²) in [6.45, 7) is 0.769. The van der Waals surface area contributed by atoms with Crippen molar-refractivity contribution in [2.24, 2.45) is 5.73 Å². The van der Waals surface area contributed by atoms with Crippen molar-refractivity contribution in [3.8, 4) is 0 Å². The largest absolute Gasteiger partial charge is 0.370 e. The maximum absolute atomic E-state index is 11.8. The molecule has 0 saturated heterocycles. The van der Waals surface area contributed by atoms with Crippen LogP contribution in [0.5, 0.6) is 0 Å². The lowest BCUT2D eigenvalue weighted by molar-refractivity contribution is -0.118. The Hall–Kier alpha value is -3.04. The van der Waals surface area contributed by atoms with Crippen LogP contribution in [0.2, 0.25) is 5.02 Å². The fourth-order valence-electron chi connectivity index (χ4n) is 3.77. The van der Waals surface area contributed by atoms with Crippen molar-refractivity contribution in [3.05, 3.63) is 107 Å². The summed E-state index contributed by atoms with van der Waals surface area (Å²) in [5.74, 6) is -0.434. The van der Waals surface area contributed by atoms with E-state index in [1.54, 1.807) is 0 Å². The predicted octanol–water partition coefficient (Wildman–Crippen LogP) is 5.35. The molecule has 0 aliphatic rings. The lowest BCUT2D eigenvalue weighted by Crippen LogP contribution is -2.16. The molecule has 4 aromatic rings. The topological polar surface area (TPSA) is 48.0 Å². The van der Waals surface area contributed by atoms with Crippen LogP contribution in [0.3, 0.4) is 0 Å². The molecular weight excluding hydrogens is 368 g/mol. The molecule has 3 aromatic carbocycles. The summed E-state index contributed by atoms with van der Waals surface area (Å²) in [6, 6.07) is 26.3. The van der Waals surface area contributed by atoms with Crippen molar-refractivity contribution < 1.29 is 4.79 Å². The molecule has 1 heterocycles. The van der Waals surface area contributed by atoms with Crippen molar-refractivity contribution in [1.82, 2.24) is 4.57 Å². The predicted molar refractivity (Wildman–Crippen MR) is 115 cm³/mol. The van der Waals surface area contributed by atoms with Gasteiger partial charge in [0, 0.05) is 41.0 Å². The number of aromatic nitrogens is 1. The standard InChI is InChI=1S/C24H21ClN2O/c25-19-12-10-18(11-13-19)21(14-24(26)28)22-16-27(15-17-6-2-1-3-7-17)23-9-5-4-8-20(22)23/h1-13,16,21H,14-15H2,(H2,26,28). The molecule has 0 fully saturated rings. The number of carbonyl (C=O) groups is 1. The lowest BCUT2D eigenvalue weighted by Gasteiger charge is -2.16. The first-order valence-corrected chi connectivity index (χ1v) is 9.65. The maximum atomic E-state index is 11.8. The van der Waals surface area contributed by atoms with Gasteiger partial charge in [-0.3, -0.25) is 4.79 Å². The van der Waals surface area contributed by atoms with Crippen LogP contribution in [0.4, 0.5) is 0 Å². The second-order valence-corrected chi connectivity index (χ2v) is 7.43. The van der Waals surface area contributed by atoms with Crippen LogP contribution in [0, 0.1) is 0 Å². The van der Waals surface area contributed by atoms with Gasteiger partial charge in [-0.15, -0.1) is 0 Å². The Morgan fingerprint density at radius 3 is 2.32 bits per heavy atom. The molecular formula is C24H21ClN2O. The number of primary amides is 1. The van der Waals surface area contributed by atoms with Crippen LogP contribution in [0.25, 0.3) is 10.9 Å².